The lowest BCUT2D eigenvalue weighted by Gasteiger charge is -2.35. The Labute approximate surface area is 356 Å². The number of hydrogen-bond donors (Lipinski definition) is 0. The summed E-state index contributed by atoms with van der Waals surface area (Å²) in [5.41, 5.74) is 5.60. The molecule has 7 aromatic carbocycles. The number of nitrogens with zero attached hydrogens (tertiary/aromatic N) is 1. The molecule has 0 aliphatic heterocycles. The maximum atomic E-state index is 10.5. The van der Waals surface area contributed by atoms with E-state index in [1.54, 1.807) is 48.6 Å². The molecular formula is C57H43NO. The molecular weight excluding hydrogens is 715 g/mol. The topological polar surface area (TPSA) is 16.4 Å². The Bertz CT molecular complexity index is 3300. The van der Waals surface area contributed by atoms with Crippen molar-refractivity contribution in [1.29, 1.82) is 0 Å². The van der Waals surface area contributed by atoms with Gasteiger partial charge in [0.2, 0.25) is 0 Å². The van der Waals surface area contributed by atoms with Gasteiger partial charge in [-0.25, -0.2) is 0 Å². The van der Waals surface area contributed by atoms with Crippen LogP contribution in [0.2, 0.25) is 0 Å². The number of furan rings is 1. The van der Waals surface area contributed by atoms with Crippen molar-refractivity contribution in [2.75, 3.05) is 4.90 Å². The van der Waals surface area contributed by atoms with Crippen molar-refractivity contribution in [2.24, 2.45) is 0 Å². The molecule has 59 heavy (non-hydrogen) atoms. The first kappa shape index (κ1) is 29.5. The zero-order chi connectivity index (χ0) is 46.4. The lowest BCUT2D eigenvalue weighted by Crippen LogP contribution is -2.28. The van der Waals surface area contributed by atoms with Crippen LogP contribution in [-0.4, -0.2) is 0 Å². The van der Waals surface area contributed by atoms with Gasteiger partial charge >= 0.3 is 0 Å². The molecule has 1 heterocycles. The van der Waals surface area contributed by atoms with Crippen LogP contribution in [0.15, 0.2) is 225 Å². The Hall–Kier alpha value is -7.68. The predicted octanol–water partition coefficient (Wildman–Crippen LogP) is 15.3. The van der Waals surface area contributed by atoms with Crippen molar-refractivity contribution in [3.8, 4) is 22.3 Å². The molecule has 0 fully saturated rings. The van der Waals surface area contributed by atoms with E-state index in [0.717, 1.165) is 27.8 Å². The van der Waals surface area contributed by atoms with Gasteiger partial charge in [-0.15, -0.1) is 0 Å². The van der Waals surface area contributed by atoms with Gasteiger partial charge in [-0.05, 0) is 91.9 Å². The zero-order valence-corrected chi connectivity index (χ0v) is 32.3. The van der Waals surface area contributed by atoms with Crippen molar-refractivity contribution >= 4 is 46.3 Å². The summed E-state index contributed by atoms with van der Waals surface area (Å²) in [7, 11) is 0. The van der Waals surface area contributed by atoms with Crippen LogP contribution in [0, 0.1) is 0 Å². The third-order valence-corrected chi connectivity index (χ3v) is 10.8. The third kappa shape index (κ3) is 6.32. The number of rotatable bonds is 12. The van der Waals surface area contributed by atoms with Crippen molar-refractivity contribution < 1.29 is 14.0 Å². The van der Waals surface area contributed by atoms with Crippen LogP contribution in [0.5, 0.6) is 0 Å². The minimum absolute atomic E-state index is 0.0201. The monoisotopic (exact) mass is 764 g/mol. The molecule has 0 atom stereocenters. The number of hydrogen-bond acceptors (Lipinski definition) is 2. The molecule has 8 aromatic rings. The lowest BCUT2D eigenvalue weighted by atomic mass is 9.67. The van der Waals surface area contributed by atoms with Gasteiger partial charge in [-0.2, -0.15) is 0 Å². The highest BCUT2D eigenvalue weighted by molar-refractivity contribution is 5.98. The first-order valence-electron chi connectivity index (χ1n) is 22.8. The molecule has 282 valence electrons. The average Bonchev–Trinajstić information content (AvgIpc) is 3.89. The summed E-state index contributed by atoms with van der Waals surface area (Å²) in [6, 6.07) is 37.8. The van der Waals surface area contributed by atoms with E-state index in [9.17, 15) is 9.60 Å². The summed E-state index contributed by atoms with van der Waals surface area (Å²) >= 11 is 0. The molecule has 0 amide bonds. The molecule has 0 bridgehead atoms. The van der Waals surface area contributed by atoms with Gasteiger partial charge in [0.15, 0.2) is 5.76 Å². The Morgan fingerprint density at radius 3 is 1.92 bits per heavy atom. The van der Waals surface area contributed by atoms with E-state index < -0.39 is 17.5 Å². The Morgan fingerprint density at radius 1 is 0.593 bits per heavy atom. The average molecular weight is 765 g/mol. The molecule has 9 rings (SSSR count). The molecule has 1 aliphatic rings. The highest BCUT2D eigenvalue weighted by Gasteiger charge is 2.46. The molecule has 0 N–H and O–H groups in total. The highest BCUT2D eigenvalue weighted by atomic mass is 16.3. The molecule has 2 heteroatoms. The van der Waals surface area contributed by atoms with Gasteiger partial charge in [-0.3, -0.25) is 0 Å². The fourth-order valence-corrected chi connectivity index (χ4v) is 8.19. The summed E-state index contributed by atoms with van der Waals surface area (Å²) in [5.74, 6) is 0.181. The van der Waals surface area contributed by atoms with Crippen molar-refractivity contribution in [3.05, 3.63) is 265 Å². The van der Waals surface area contributed by atoms with Gasteiger partial charge in [0.05, 0.1) is 20.7 Å². The number of fused-ring (bicyclic) bond motifs is 4. The minimum atomic E-state index is -1.16. The number of para-hydroxylation sites is 1. The van der Waals surface area contributed by atoms with Crippen LogP contribution in [0.25, 0.3) is 57.1 Å². The van der Waals surface area contributed by atoms with Crippen LogP contribution in [-0.2, 0) is 5.41 Å². The highest BCUT2D eigenvalue weighted by Crippen LogP contribution is 2.57. The Morgan fingerprint density at radius 2 is 1.22 bits per heavy atom. The van der Waals surface area contributed by atoms with E-state index in [0.29, 0.717) is 38.8 Å². The molecule has 0 unspecified atom stereocenters. The normalized spacial score (nSPS) is 14.3. The summed E-state index contributed by atoms with van der Waals surface area (Å²) in [6.45, 7) is 16.2. The van der Waals surface area contributed by atoms with Gasteiger partial charge in [0.25, 0.3) is 0 Å². The van der Waals surface area contributed by atoms with Crippen LogP contribution >= 0.6 is 0 Å². The van der Waals surface area contributed by atoms with Gasteiger partial charge < -0.3 is 9.32 Å². The van der Waals surface area contributed by atoms with Crippen molar-refractivity contribution in [3.63, 3.8) is 0 Å². The van der Waals surface area contributed by atoms with E-state index in [-0.39, 0.29) is 58.6 Å². The summed E-state index contributed by atoms with van der Waals surface area (Å²) in [5, 5.41) is 0.709. The maximum absolute atomic E-state index is 10.5. The van der Waals surface area contributed by atoms with E-state index >= 15 is 0 Å². The van der Waals surface area contributed by atoms with Crippen LogP contribution in [0.1, 0.15) is 54.3 Å². The van der Waals surface area contributed by atoms with Crippen molar-refractivity contribution in [2.45, 2.75) is 5.41 Å². The predicted molar refractivity (Wildman–Crippen MR) is 252 cm³/mol. The first-order chi connectivity index (χ1) is 32.0. The SMILES string of the molecule is [2H]c1c([2H])c(N(C(=C)c2oc3ccccc3c2C=C)c2c([2H])c([2H])c3c(c2[2H])C(c2ccccc2)(c2ccccc2)c2ccccc2-3)c([2H])c([2H])c1-c1ccc(/C=C\C=C)c(/C=C\C=C)c1. The third-order valence-electron chi connectivity index (χ3n) is 10.8. The summed E-state index contributed by atoms with van der Waals surface area (Å²) in [6.07, 6.45) is 12.2. The Balaban J connectivity index is 1.39. The fraction of sp³-hybridized carbons (Fsp3) is 0.0175. The largest absolute Gasteiger partial charge is 0.454 e. The molecule has 0 saturated carbocycles. The van der Waals surface area contributed by atoms with E-state index in [4.69, 9.17) is 4.42 Å². The van der Waals surface area contributed by atoms with E-state index in [1.165, 1.54) is 4.90 Å². The number of anilines is 2. The van der Waals surface area contributed by atoms with Crippen LogP contribution < -0.4 is 4.90 Å². The van der Waals surface area contributed by atoms with Gasteiger partial charge in [0, 0.05) is 22.3 Å². The maximum Gasteiger partial charge on any atom is 0.158 e. The minimum Gasteiger partial charge on any atom is -0.454 e. The zero-order valence-electron chi connectivity index (χ0n) is 39.3. The first-order valence-corrected chi connectivity index (χ1v) is 19.3. The standard InChI is InChI=1S/C57H43NO/c1-5-8-20-41-30-31-44(38-43(41)21-9-6-2)42-32-34-47(35-33-42)58(40(4)56-49(7-3)52-27-17-19-29-55(52)59-56)48-36-37-51-50-26-16-18-28-53(50)57(54(51)39-48,45-22-12-10-13-23-45)46-24-14-11-15-25-46/h5-39H,1-4H2/b20-8-,21-9-/i32D,33D,34D,35D,36D,37D,39D. The van der Waals surface area contributed by atoms with Gasteiger partial charge in [-0.1, -0.05) is 202 Å². The lowest BCUT2D eigenvalue weighted by molar-refractivity contribution is 0.597. The molecule has 0 saturated heterocycles. The summed E-state index contributed by atoms with van der Waals surface area (Å²) in [4.78, 5) is 1.32. The smallest absolute Gasteiger partial charge is 0.158 e. The van der Waals surface area contributed by atoms with Crippen LogP contribution in [0.4, 0.5) is 11.4 Å². The fourth-order valence-electron chi connectivity index (χ4n) is 8.19. The molecule has 1 aliphatic carbocycles. The number of benzene rings is 7. The second-order valence-electron chi connectivity index (χ2n) is 14.1. The van der Waals surface area contributed by atoms with Gasteiger partial charge in [0.1, 0.15) is 5.58 Å². The second kappa shape index (κ2) is 15.7. The number of allylic oxidation sites excluding steroid dienone is 4. The summed E-state index contributed by atoms with van der Waals surface area (Å²) < 4.78 is 75.8. The Kier molecular flexibility index (Phi) is 7.86. The quantitative estimate of drug-likeness (QED) is 0.115. The van der Waals surface area contributed by atoms with E-state index in [1.807, 2.05) is 121 Å². The molecule has 0 radical (unpaired) electrons. The second-order valence-corrected chi connectivity index (χ2v) is 14.1. The molecule has 1 aromatic heterocycles. The molecule has 2 nitrogen and oxygen atoms in total. The van der Waals surface area contributed by atoms with Crippen LogP contribution in [0.3, 0.4) is 0 Å². The molecule has 0 spiro atoms. The van der Waals surface area contributed by atoms with Crippen molar-refractivity contribution in [1.82, 2.24) is 0 Å². The van der Waals surface area contributed by atoms with E-state index in [2.05, 4.69) is 26.3 Å².